The van der Waals surface area contributed by atoms with Gasteiger partial charge < -0.3 is 4.74 Å². The van der Waals surface area contributed by atoms with Crippen LogP contribution in [0.3, 0.4) is 0 Å². The molecule has 0 amide bonds. The van der Waals surface area contributed by atoms with Gasteiger partial charge in [-0.15, -0.1) is 12.4 Å². The van der Waals surface area contributed by atoms with Gasteiger partial charge in [0.15, 0.2) is 0 Å². The fourth-order valence-corrected chi connectivity index (χ4v) is 2.08. The molecule has 2 heterocycles. The van der Waals surface area contributed by atoms with Crippen molar-refractivity contribution >= 4 is 24.0 Å². The molecule has 19 heavy (non-hydrogen) atoms. The zero-order chi connectivity index (χ0) is 12.4. The third-order valence-electron chi connectivity index (χ3n) is 2.91. The predicted molar refractivity (Wildman–Crippen MR) is 76.5 cm³/mol. The smallest absolute Gasteiger partial charge is 0.204 e. The molecule has 98 valence electrons. The topological polar surface area (TPSA) is 37.7 Å². The van der Waals surface area contributed by atoms with Crippen molar-refractivity contribution in [1.82, 2.24) is 4.98 Å². The summed E-state index contributed by atoms with van der Waals surface area (Å²) in [6.45, 7) is 0.548. The Kier molecular flexibility index (Phi) is 4.02. The second-order valence-electron chi connectivity index (χ2n) is 3.97. The van der Waals surface area contributed by atoms with Crippen LogP contribution < -0.4 is 15.5 Å². The summed E-state index contributed by atoms with van der Waals surface area (Å²) >= 11 is 0. The Morgan fingerprint density at radius 2 is 2.00 bits per heavy atom. The van der Waals surface area contributed by atoms with Gasteiger partial charge in [-0.3, -0.25) is 14.9 Å². The zero-order valence-electron chi connectivity index (χ0n) is 10.5. The van der Waals surface area contributed by atoms with Gasteiger partial charge in [-0.25, -0.2) is 0 Å². The van der Waals surface area contributed by atoms with Crippen LogP contribution in [0.2, 0.25) is 0 Å². The number of fused-ring (bicyclic) bond motifs is 1. The van der Waals surface area contributed by atoms with Crippen molar-refractivity contribution in [3.05, 3.63) is 59.4 Å². The van der Waals surface area contributed by atoms with Crippen molar-refractivity contribution in [1.29, 1.82) is 0 Å². The van der Waals surface area contributed by atoms with Gasteiger partial charge in [-0.1, -0.05) is 12.1 Å². The number of pyridine rings is 1. The van der Waals surface area contributed by atoms with Crippen molar-refractivity contribution in [2.24, 2.45) is 4.99 Å². The average Bonchev–Trinajstić information content (AvgIpc) is 2.47. The first-order valence-corrected chi connectivity index (χ1v) is 5.75. The number of para-hydroxylation sites is 1. The molecule has 2 aromatic rings. The van der Waals surface area contributed by atoms with Crippen molar-refractivity contribution in [3.63, 3.8) is 0 Å². The highest BCUT2D eigenvalue weighted by Gasteiger charge is 2.16. The lowest BCUT2D eigenvalue weighted by atomic mass is 10.2. The number of nitrogens with zero attached hydrogens (tertiary/aromatic N) is 3. The van der Waals surface area contributed by atoms with Gasteiger partial charge in [0.2, 0.25) is 5.88 Å². The molecule has 0 atom stereocenters. The Morgan fingerprint density at radius 3 is 2.74 bits per heavy atom. The van der Waals surface area contributed by atoms with E-state index in [9.17, 15) is 0 Å². The summed E-state index contributed by atoms with van der Waals surface area (Å²) in [6.07, 6.45) is 3.56. The lowest BCUT2D eigenvalue weighted by Gasteiger charge is -2.26. The molecule has 0 radical (unpaired) electrons. The van der Waals surface area contributed by atoms with E-state index >= 15 is 0 Å². The summed E-state index contributed by atoms with van der Waals surface area (Å²) in [5, 5.41) is 1.98. The van der Waals surface area contributed by atoms with Crippen LogP contribution in [0.5, 0.6) is 0 Å². The zero-order valence-corrected chi connectivity index (χ0v) is 11.3. The minimum Gasteiger partial charge on any atom is -0.482 e. The van der Waals surface area contributed by atoms with Crippen molar-refractivity contribution in [2.45, 2.75) is 0 Å². The summed E-state index contributed by atoms with van der Waals surface area (Å²) in [6, 6.07) is 11.9. The van der Waals surface area contributed by atoms with E-state index in [4.69, 9.17) is 4.74 Å². The highest BCUT2D eigenvalue weighted by atomic mass is 35.5. The first-order valence-electron chi connectivity index (χ1n) is 5.75. The third kappa shape index (κ3) is 2.39. The Hall–Kier alpha value is -2.07. The minimum atomic E-state index is 0. The van der Waals surface area contributed by atoms with Crippen LogP contribution in [0.4, 0.5) is 5.69 Å². The van der Waals surface area contributed by atoms with E-state index < -0.39 is 0 Å². The van der Waals surface area contributed by atoms with E-state index in [-0.39, 0.29) is 12.4 Å². The molecule has 0 fully saturated rings. The third-order valence-corrected chi connectivity index (χ3v) is 2.91. The summed E-state index contributed by atoms with van der Waals surface area (Å²) in [5.74, 6) is 0.814. The van der Waals surface area contributed by atoms with Crippen LogP contribution in [-0.2, 0) is 4.74 Å². The second kappa shape index (κ2) is 5.71. The highest BCUT2D eigenvalue weighted by Crippen LogP contribution is 2.18. The summed E-state index contributed by atoms with van der Waals surface area (Å²) in [7, 11) is 1.68. The summed E-state index contributed by atoms with van der Waals surface area (Å²) < 4.78 is 5.54. The Labute approximate surface area is 117 Å². The van der Waals surface area contributed by atoms with E-state index in [0.717, 1.165) is 22.1 Å². The number of rotatable bonds is 2. The molecule has 0 spiro atoms. The summed E-state index contributed by atoms with van der Waals surface area (Å²) in [4.78, 5) is 10.7. The molecule has 0 saturated carbocycles. The minimum absolute atomic E-state index is 0. The SMILES string of the molecule is COC1=c2ccccc2=NCN1c1cccnc1.Cl. The van der Waals surface area contributed by atoms with Crippen molar-refractivity contribution in [3.8, 4) is 0 Å². The fraction of sp³-hybridized carbons (Fsp3) is 0.143. The Balaban J connectivity index is 0.00000133. The molecule has 1 aromatic carbocycles. The van der Waals surface area contributed by atoms with Crippen LogP contribution in [0.1, 0.15) is 0 Å². The lowest BCUT2D eigenvalue weighted by Crippen LogP contribution is -2.41. The van der Waals surface area contributed by atoms with Gasteiger partial charge in [0.25, 0.3) is 0 Å². The Bertz CT molecular complexity index is 673. The summed E-state index contributed by atoms with van der Waals surface area (Å²) in [5.41, 5.74) is 0.979. The quantitative estimate of drug-likeness (QED) is 0.829. The van der Waals surface area contributed by atoms with Crippen LogP contribution in [-0.4, -0.2) is 18.8 Å². The molecule has 0 unspecified atom stereocenters. The number of hydrogen-bond acceptors (Lipinski definition) is 4. The lowest BCUT2D eigenvalue weighted by molar-refractivity contribution is 0.347. The molecule has 0 bridgehead atoms. The highest BCUT2D eigenvalue weighted by molar-refractivity contribution is 5.85. The van der Waals surface area contributed by atoms with E-state index in [0.29, 0.717) is 6.67 Å². The van der Waals surface area contributed by atoms with Gasteiger partial charge in [0, 0.05) is 6.20 Å². The first-order chi connectivity index (χ1) is 8.90. The molecular weight excluding hydrogens is 262 g/mol. The molecule has 0 aliphatic carbocycles. The number of halogens is 1. The van der Waals surface area contributed by atoms with Crippen LogP contribution >= 0.6 is 12.4 Å². The predicted octanol–water partition coefficient (Wildman–Crippen LogP) is 1.31. The molecule has 4 nitrogen and oxygen atoms in total. The average molecular weight is 276 g/mol. The van der Waals surface area contributed by atoms with Crippen molar-refractivity contribution < 1.29 is 4.74 Å². The molecule has 1 aromatic heterocycles. The van der Waals surface area contributed by atoms with E-state index in [1.807, 2.05) is 47.5 Å². The maximum atomic E-state index is 5.54. The van der Waals surface area contributed by atoms with Gasteiger partial charge in [0.1, 0.15) is 6.67 Å². The van der Waals surface area contributed by atoms with Crippen LogP contribution in [0.25, 0.3) is 5.88 Å². The molecule has 0 N–H and O–H groups in total. The largest absolute Gasteiger partial charge is 0.482 e. The van der Waals surface area contributed by atoms with Gasteiger partial charge in [-0.05, 0) is 24.3 Å². The first kappa shape index (κ1) is 13.4. The van der Waals surface area contributed by atoms with E-state index in [1.54, 1.807) is 13.3 Å². The van der Waals surface area contributed by atoms with Gasteiger partial charge in [-0.2, -0.15) is 0 Å². The van der Waals surface area contributed by atoms with E-state index in [1.165, 1.54) is 0 Å². The normalized spacial score (nSPS) is 13.1. The van der Waals surface area contributed by atoms with Crippen LogP contribution in [0.15, 0.2) is 53.8 Å². The molecule has 1 aliphatic heterocycles. The molecule has 0 saturated heterocycles. The molecule has 1 aliphatic rings. The maximum absolute atomic E-state index is 5.54. The monoisotopic (exact) mass is 275 g/mol. The molecular formula is C14H14ClN3O. The number of benzene rings is 1. The maximum Gasteiger partial charge on any atom is 0.204 e. The van der Waals surface area contributed by atoms with Crippen LogP contribution in [0, 0.1) is 0 Å². The van der Waals surface area contributed by atoms with E-state index in [2.05, 4.69) is 9.98 Å². The second-order valence-corrected chi connectivity index (χ2v) is 3.97. The number of hydrogen-bond donors (Lipinski definition) is 0. The van der Waals surface area contributed by atoms with Gasteiger partial charge >= 0.3 is 0 Å². The molecule has 5 heteroatoms. The number of aromatic nitrogens is 1. The molecule has 3 rings (SSSR count). The Morgan fingerprint density at radius 1 is 1.16 bits per heavy atom. The number of ether oxygens (including phenoxy) is 1. The number of anilines is 1. The standard InChI is InChI=1S/C14H13N3O.ClH/c1-18-14-12-6-2-3-7-13(12)16-10-17(14)11-5-4-8-15-9-11;/h2-9H,10H2,1H3;1H. The van der Waals surface area contributed by atoms with Gasteiger partial charge in [0.05, 0.1) is 29.6 Å². The fourth-order valence-electron chi connectivity index (χ4n) is 2.08. The van der Waals surface area contributed by atoms with Crippen molar-refractivity contribution in [2.75, 3.05) is 18.7 Å². The number of methoxy groups -OCH3 is 1.